The number of para-hydroxylation sites is 2. The van der Waals surface area contributed by atoms with Crippen LogP contribution in [0.4, 0.5) is 10.1 Å². The third-order valence-corrected chi connectivity index (χ3v) is 4.29. The number of carbonyl (C=O) groups excluding carboxylic acids is 1. The van der Waals surface area contributed by atoms with Gasteiger partial charge in [-0.05, 0) is 49.0 Å². The highest BCUT2D eigenvalue weighted by Crippen LogP contribution is 2.30. The smallest absolute Gasteiger partial charge is 0.255 e. The molecule has 134 valence electrons. The molecule has 0 spiro atoms. The fraction of sp³-hybridized carbons (Fsp3) is 0.158. The maximum Gasteiger partial charge on any atom is 0.255 e. The van der Waals surface area contributed by atoms with Crippen LogP contribution in [0.15, 0.2) is 59.8 Å². The van der Waals surface area contributed by atoms with E-state index in [1.54, 1.807) is 38.3 Å². The van der Waals surface area contributed by atoms with Crippen LogP contribution in [0.25, 0.3) is 0 Å². The Morgan fingerprint density at radius 2 is 1.88 bits per heavy atom. The third kappa shape index (κ3) is 3.67. The van der Waals surface area contributed by atoms with E-state index in [1.165, 1.54) is 12.1 Å². The van der Waals surface area contributed by atoms with Gasteiger partial charge in [0.05, 0.1) is 24.4 Å². The van der Waals surface area contributed by atoms with Gasteiger partial charge < -0.3 is 20.7 Å². The van der Waals surface area contributed by atoms with E-state index in [2.05, 4.69) is 16.0 Å². The monoisotopic (exact) mass is 371 g/mol. The summed E-state index contributed by atoms with van der Waals surface area (Å²) in [5.74, 6) is -0.0838. The number of hydrogen-bond acceptors (Lipinski definition) is 3. The van der Waals surface area contributed by atoms with Crippen molar-refractivity contribution in [2.75, 3.05) is 12.4 Å². The minimum Gasteiger partial charge on any atom is -0.495 e. The zero-order valence-corrected chi connectivity index (χ0v) is 15.1. The molecule has 0 aliphatic carbocycles. The lowest BCUT2D eigenvalue weighted by Gasteiger charge is -2.30. The van der Waals surface area contributed by atoms with Gasteiger partial charge in [0.25, 0.3) is 5.91 Å². The van der Waals surface area contributed by atoms with Crippen molar-refractivity contribution in [2.45, 2.75) is 13.0 Å². The highest BCUT2D eigenvalue weighted by atomic mass is 32.1. The van der Waals surface area contributed by atoms with Gasteiger partial charge in [-0.15, -0.1) is 0 Å². The largest absolute Gasteiger partial charge is 0.495 e. The molecule has 1 aliphatic rings. The average Bonchev–Trinajstić information content (AvgIpc) is 2.62. The number of rotatable bonds is 4. The Morgan fingerprint density at radius 1 is 1.19 bits per heavy atom. The van der Waals surface area contributed by atoms with Crippen molar-refractivity contribution in [1.82, 2.24) is 10.6 Å². The molecule has 1 aliphatic heterocycles. The highest BCUT2D eigenvalue weighted by Gasteiger charge is 2.30. The molecule has 0 unspecified atom stereocenters. The van der Waals surface area contributed by atoms with Gasteiger partial charge in [-0.1, -0.05) is 24.3 Å². The number of ether oxygens (including phenoxy) is 1. The van der Waals surface area contributed by atoms with Gasteiger partial charge in [-0.2, -0.15) is 0 Å². The lowest BCUT2D eigenvalue weighted by Crippen LogP contribution is -2.45. The first kappa shape index (κ1) is 17.9. The summed E-state index contributed by atoms with van der Waals surface area (Å²) >= 11 is 5.21. The molecule has 1 atom stereocenters. The Kier molecular flexibility index (Phi) is 5.18. The summed E-state index contributed by atoms with van der Waals surface area (Å²) in [7, 11) is 1.54. The minimum absolute atomic E-state index is 0.302. The molecule has 3 N–H and O–H groups in total. The van der Waals surface area contributed by atoms with Crippen molar-refractivity contribution >= 4 is 28.9 Å². The van der Waals surface area contributed by atoms with E-state index in [1.807, 2.05) is 12.1 Å². The van der Waals surface area contributed by atoms with Crippen LogP contribution in [-0.4, -0.2) is 18.1 Å². The predicted molar refractivity (Wildman–Crippen MR) is 102 cm³/mol. The zero-order valence-electron chi connectivity index (χ0n) is 14.3. The molecule has 26 heavy (non-hydrogen) atoms. The first-order valence-corrected chi connectivity index (χ1v) is 8.38. The summed E-state index contributed by atoms with van der Waals surface area (Å²) in [4.78, 5) is 13.0. The molecule has 1 heterocycles. The van der Waals surface area contributed by atoms with Gasteiger partial charge in [0.2, 0.25) is 0 Å². The number of halogens is 1. The molecule has 0 fully saturated rings. The third-order valence-electron chi connectivity index (χ3n) is 4.07. The number of carbonyl (C=O) groups is 1. The molecule has 0 saturated carbocycles. The molecule has 5 nitrogen and oxygen atoms in total. The molecule has 2 aromatic carbocycles. The molecule has 0 radical (unpaired) electrons. The Hall–Kier alpha value is -2.93. The Morgan fingerprint density at radius 3 is 2.58 bits per heavy atom. The van der Waals surface area contributed by atoms with Crippen molar-refractivity contribution in [1.29, 1.82) is 0 Å². The minimum atomic E-state index is -0.487. The summed E-state index contributed by atoms with van der Waals surface area (Å²) in [5.41, 5.74) is 2.40. The van der Waals surface area contributed by atoms with Crippen molar-refractivity contribution in [3.63, 3.8) is 0 Å². The van der Waals surface area contributed by atoms with Crippen molar-refractivity contribution < 1.29 is 13.9 Å². The summed E-state index contributed by atoms with van der Waals surface area (Å²) < 4.78 is 18.5. The van der Waals surface area contributed by atoms with E-state index < -0.39 is 6.04 Å². The SMILES string of the molecule is COc1ccccc1NC(=O)C1=C(C)NC(=S)N[C@H]1c1ccc(F)cc1. The maximum absolute atomic E-state index is 13.3. The molecule has 0 aromatic heterocycles. The number of anilines is 1. The lowest BCUT2D eigenvalue weighted by molar-refractivity contribution is -0.113. The van der Waals surface area contributed by atoms with Crippen LogP contribution in [0.5, 0.6) is 5.75 Å². The van der Waals surface area contributed by atoms with Crippen LogP contribution in [-0.2, 0) is 4.79 Å². The summed E-state index contributed by atoms with van der Waals surface area (Å²) in [5, 5.41) is 9.32. The second-order valence-electron chi connectivity index (χ2n) is 5.78. The standard InChI is InChI=1S/C19H18FN3O2S/c1-11-16(18(24)22-14-5-3-4-6-15(14)25-2)17(23-19(26)21-11)12-7-9-13(20)10-8-12/h3-10,17H,1-2H3,(H,22,24)(H2,21,23,26)/t17-/m0/s1. The van der Waals surface area contributed by atoms with Crippen molar-refractivity contribution in [3.05, 3.63) is 71.2 Å². The fourth-order valence-corrected chi connectivity index (χ4v) is 3.11. The number of hydrogen-bond donors (Lipinski definition) is 3. The van der Waals surface area contributed by atoms with Crippen LogP contribution in [0.1, 0.15) is 18.5 Å². The molecular formula is C19H18FN3O2S. The van der Waals surface area contributed by atoms with E-state index in [0.717, 1.165) is 5.56 Å². The molecule has 3 rings (SSSR count). The number of thiocarbonyl (C=S) groups is 1. The Balaban J connectivity index is 1.95. The molecule has 0 saturated heterocycles. The molecule has 7 heteroatoms. The molecular weight excluding hydrogens is 353 g/mol. The summed E-state index contributed by atoms with van der Waals surface area (Å²) in [6, 6.07) is 12.6. The quantitative estimate of drug-likeness (QED) is 0.720. The van der Waals surface area contributed by atoms with Gasteiger partial charge in [-0.3, -0.25) is 4.79 Å². The van der Waals surface area contributed by atoms with Gasteiger partial charge in [0.15, 0.2) is 5.11 Å². The number of nitrogens with one attached hydrogen (secondary N) is 3. The molecule has 2 aromatic rings. The van der Waals surface area contributed by atoms with Gasteiger partial charge >= 0.3 is 0 Å². The van der Waals surface area contributed by atoms with E-state index in [4.69, 9.17) is 17.0 Å². The number of amides is 1. The predicted octanol–water partition coefficient (Wildman–Crippen LogP) is 3.27. The Labute approximate surface area is 156 Å². The van der Waals surface area contributed by atoms with E-state index in [9.17, 15) is 9.18 Å². The summed E-state index contributed by atoms with van der Waals surface area (Å²) in [6.45, 7) is 1.78. The number of benzene rings is 2. The van der Waals surface area contributed by atoms with Crippen LogP contribution in [0.3, 0.4) is 0 Å². The van der Waals surface area contributed by atoms with E-state index in [-0.39, 0.29) is 11.7 Å². The normalized spacial score (nSPS) is 16.6. The second kappa shape index (κ2) is 7.53. The van der Waals surface area contributed by atoms with Crippen LogP contribution in [0.2, 0.25) is 0 Å². The van der Waals surface area contributed by atoms with Gasteiger partial charge in [-0.25, -0.2) is 4.39 Å². The molecule has 0 bridgehead atoms. The van der Waals surface area contributed by atoms with Gasteiger partial charge in [0, 0.05) is 5.70 Å². The van der Waals surface area contributed by atoms with E-state index in [0.29, 0.717) is 27.8 Å². The van der Waals surface area contributed by atoms with Crippen LogP contribution in [0, 0.1) is 5.82 Å². The Bertz CT molecular complexity index is 881. The average molecular weight is 371 g/mol. The summed E-state index contributed by atoms with van der Waals surface area (Å²) in [6.07, 6.45) is 0. The lowest BCUT2D eigenvalue weighted by atomic mass is 9.95. The number of allylic oxidation sites excluding steroid dienone is 1. The second-order valence-corrected chi connectivity index (χ2v) is 6.18. The molecule has 1 amide bonds. The maximum atomic E-state index is 13.3. The highest BCUT2D eigenvalue weighted by molar-refractivity contribution is 7.80. The van der Waals surface area contributed by atoms with Crippen LogP contribution >= 0.6 is 12.2 Å². The number of methoxy groups -OCH3 is 1. The van der Waals surface area contributed by atoms with Crippen molar-refractivity contribution in [2.24, 2.45) is 0 Å². The van der Waals surface area contributed by atoms with Crippen molar-refractivity contribution in [3.8, 4) is 5.75 Å². The first-order chi connectivity index (χ1) is 12.5. The first-order valence-electron chi connectivity index (χ1n) is 7.97. The van der Waals surface area contributed by atoms with Crippen LogP contribution < -0.4 is 20.7 Å². The topological polar surface area (TPSA) is 62.4 Å². The van der Waals surface area contributed by atoms with Gasteiger partial charge in [0.1, 0.15) is 11.6 Å². The fourth-order valence-electron chi connectivity index (χ4n) is 2.84. The zero-order chi connectivity index (χ0) is 18.7. The van der Waals surface area contributed by atoms with E-state index >= 15 is 0 Å².